The maximum Gasteiger partial charge on any atom is 0.323 e. The average molecular weight is 1140 g/mol. The number of carbonyl (C=O) groups excluding carboxylic acids is 4. The highest BCUT2D eigenvalue weighted by Crippen LogP contribution is 2.27. The van der Waals surface area contributed by atoms with E-state index >= 15 is 0 Å². The Bertz CT molecular complexity index is 2620. The van der Waals surface area contributed by atoms with Gasteiger partial charge in [0, 0.05) is 89.4 Å². The summed E-state index contributed by atoms with van der Waals surface area (Å²) >= 11 is 0. The van der Waals surface area contributed by atoms with Crippen LogP contribution in [-0.4, -0.2) is 205 Å². The molecule has 0 saturated carbocycles. The molecule has 1 aliphatic heterocycles. The summed E-state index contributed by atoms with van der Waals surface area (Å²) < 4.78 is 68.1. The van der Waals surface area contributed by atoms with Gasteiger partial charge in [0.2, 0.25) is 27.7 Å². The highest BCUT2D eigenvalue weighted by atomic mass is 32.2. The Balaban J connectivity index is 1.18. The third-order valence-electron chi connectivity index (χ3n) is 13.2. The van der Waals surface area contributed by atoms with Crippen LogP contribution < -0.4 is 25.4 Å². The van der Waals surface area contributed by atoms with Crippen molar-refractivity contribution in [2.45, 2.75) is 127 Å². The normalized spacial score (nSPS) is 16.0. The van der Waals surface area contributed by atoms with Gasteiger partial charge in [0.1, 0.15) is 29.6 Å². The quantitative estimate of drug-likeness (QED) is 0.0339. The largest absolute Gasteiger partial charge is 0.494 e. The molecule has 1 aromatic heterocycles. The highest BCUT2D eigenvalue weighted by molar-refractivity contribution is 7.89. The first kappa shape index (κ1) is 64.4. The number of hydrogen-bond acceptors (Lipinski definition) is 17. The number of amides is 3. The Morgan fingerprint density at radius 3 is 1.90 bits per heavy atom. The van der Waals surface area contributed by atoms with Crippen molar-refractivity contribution >= 4 is 67.5 Å². The van der Waals surface area contributed by atoms with Crippen LogP contribution in [0.1, 0.15) is 98.7 Å². The number of aryl methyl sites for hydroxylation is 5. The maximum absolute atomic E-state index is 13.5. The number of benzene rings is 1. The molecule has 1 saturated heterocycles. The molecule has 1 fully saturated rings. The van der Waals surface area contributed by atoms with Gasteiger partial charge in [0.15, 0.2) is 5.78 Å². The predicted octanol–water partition coefficient (Wildman–Crippen LogP) is 0.157. The van der Waals surface area contributed by atoms with Gasteiger partial charge in [-0.05, 0) is 113 Å². The Morgan fingerprint density at radius 2 is 1.29 bits per heavy atom. The lowest BCUT2D eigenvalue weighted by atomic mass is 9.95. The van der Waals surface area contributed by atoms with Gasteiger partial charge in [0.25, 0.3) is 10.1 Å². The molecule has 1 aromatic carbocycles. The summed E-state index contributed by atoms with van der Waals surface area (Å²) in [4.78, 5) is 108. The van der Waals surface area contributed by atoms with Crippen molar-refractivity contribution in [2.24, 2.45) is 0 Å². The molecule has 1 unspecified atom stereocenters. The summed E-state index contributed by atoms with van der Waals surface area (Å²) in [5.74, 6) is -8.51. The number of unbranched alkanes of at least 4 members (excludes halogenated alkanes) is 1. The Labute approximate surface area is 453 Å². The fourth-order valence-electron chi connectivity index (χ4n) is 9.27. The van der Waals surface area contributed by atoms with Crippen LogP contribution >= 0.6 is 0 Å². The topological polar surface area (TPSA) is 386 Å². The van der Waals surface area contributed by atoms with Crippen LogP contribution in [0.2, 0.25) is 0 Å². The van der Waals surface area contributed by atoms with Crippen LogP contribution in [0.15, 0.2) is 29.2 Å². The first-order valence-electron chi connectivity index (χ1n) is 25.9. The third-order valence-corrected chi connectivity index (χ3v) is 15.7. The van der Waals surface area contributed by atoms with E-state index in [0.717, 1.165) is 37.1 Å². The van der Waals surface area contributed by atoms with Crippen LogP contribution in [0.25, 0.3) is 0 Å². The number of nitrogens with zero attached hydrogens (tertiary/aromatic N) is 4. The van der Waals surface area contributed by atoms with E-state index in [0.29, 0.717) is 19.3 Å². The zero-order valence-electron chi connectivity index (χ0n) is 44.1. The van der Waals surface area contributed by atoms with Crippen LogP contribution in [-0.2, 0) is 77.8 Å². The molecular formula is C50H74N8O18S2. The molecule has 0 radical (unpaired) electrons. The number of Topliss-reactive ketones (excluding diaryl/α,β-unsaturated/α-hetero) is 1. The number of carboxylic acids is 4. The first-order chi connectivity index (χ1) is 36.8. The van der Waals surface area contributed by atoms with Crippen molar-refractivity contribution in [1.82, 2.24) is 40.4 Å². The van der Waals surface area contributed by atoms with Crippen molar-refractivity contribution in [3.63, 3.8) is 0 Å². The Hall–Kier alpha value is -6.17. The van der Waals surface area contributed by atoms with Crippen LogP contribution in [0.4, 0.5) is 0 Å². The molecule has 2 heterocycles. The maximum atomic E-state index is 13.5. The van der Waals surface area contributed by atoms with Crippen LogP contribution in [0, 0.1) is 13.8 Å². The first-order valence-corrected chi connectivity index (χ1v) is 29.0. The summed E-state index contributed by atoms with van der Waals surface area (Å²) in [6.07, 6.45) is 5.37. The fourth-order valence-corrected chi connectivity index (χ4v) is 11.6. The number of ketones is 1. The Morgan fingerprint density at radius 1 is 0.692 bits per heavy atom. The number of fused-ring (bicyclic) bond motifs is 1. The van der Waals surface area contributed by atoms with Gasteiger partial charge in [-0.15, -0.1) is 0 Å². The zero-order valence-corrected chi connectivity index (χ0v) is 45.7. The van der Waals surface area contributed by atoms with Gasteiger partial charge in [-0.25, -0.2) is 8.42 Å². The third kappa shape index (κ3) is 23.0. The van der Waals surface area contributed by atoms with Gasteiger partial charge in [-0.3, -0.25) is 62.6 Å². The number of carboxylic acid groups (broad SMARTS) is 4. The Kier molecular flexibility index (Phi) is 25.9. The molecule has 28 heteroatoms. The van der Waals surface area contributed by atoms with E-state index in [9.17, 15) is 80.2 Å². The summed E-state index contributed by atoms with van der Waals surface area (Å²) in [5, 5.41) is 46.0. The van der Waals surface area contributed by atoms with Gasteiger partial charge in [-0.1, -0.05) is 6.07 Å². The standard InChI is InChI=1S/C50H74N8O18S2/c1-33-27-37(28-34(2)48(33)78(74,75)55-39(49(67)68)29-52-44(61)13-6-4-10-36-16-15-35-9-3-5-11-38(35)53-36)76-26-8-14-43(60)51-19-7-12-42(59)40(32-77(71,72)73)54-45(62)18-17-41(50(69)70)58-24-22-56(30-46(63)64)20-21-57(23-25-58)31-47(65)66/h15-16,27-28,39-41,55H,3-14,17-26,29-32H2,1-2H3,(H,51,60)(H,52,61)(H,54,62)(H,63,64)(H,65,66)(H,67,68)(H,69,70)(H,71,72,73)/t39?,40-,41+/m0/s1. The molecule has 1 aliphatic carbocycles. The molecule has 2 aliphatic rings. The van der Waals surface area contributed by atoms with Crippen LogP contribution in [0.5, 0.6) is 5.75 Å². The van der Waals surface area contributed by atoms with E-state index in [1.165, 1.54) is 46.2 Å². The summed E-state index contributed by atoms with van der Waals surface area (Å²) in [5.41, 5.74) is 3.88. The predicted molar refractivity (Wildman–Crippen MR) is 280 cm³/mol. The second kappa shape index (κ2) is 31.4. The number of carbonyl (C=O) groups is 8. The molecular weight excluding hydrogens is 1060 g/mol. The van der Waals surface area contributed by atoms with Gasteiger partial charge < -0.3 is 41.1 Å². The summed E-state index contributed by atoms with van der Waals surface area (Å²) in [6.45, 7) is 2.56. The van der Waals surface area contributed by atoms with E-state index in [1.807, 2.05) is 6.07 Å². The minimum Gasteiger partial charge on any atom is -0.494 e. The number of sulfonamides is 1. The highest BCUT2D eigenvalue weighted by Gasteiger charge is 2.32. The summed E-state index contributed by atoms with van der Waals surface area (Å²) in [6, 6.07) is 2.34. The second-order valence-corrected chi connectivity index (χ2v) is 22.7. The number of nitrogens with one attached hydrogen (secondary N) is 4. The van der Waals surface area contributed by atoms with Crippen LogP contribution in [0.3, 0.4) is 0 Å². The summed E-state index contributed by atoms with van der Waals surface area (Å²) in [7, 11) is -9.20. The number of ether oxygens (including phenoxy) is 1. The molecule has 434 valence electrons. The fraction of sp³-hybridized carbons (Fsp3) is 0.620. The minimum atomic E-state index is -4.80. The lowest BCUT2D eigenvalue weighted by Crippen LogP contribution is -2.48. The molecule has 3 amide bonds. The van der Waals surface area contributed by atoms with E-state index in [1.54, 1.807) is 0 Å². The number of rotatable bonds is 33. The van der Waals surface area contributed by atoms with Crippen molar-refractivity contribution in [3.05, 3.63) is 52.3 Å². The van der Waals surface area contributed by atoms with Crippen molar-refractivity contribution in [3.8, 4) is 5.75 Å². The van der Waals surface area contributed by atoms with Gasteiger partial charge in [0.05, 0.1) is 24.6 Å². The number of pyridine rings is 1. The lowest BCUT2D eigenvalue weighted by molar-refractivity contribution is -0.145. The van der Waals surface area contributed by atoms with E-state index in [4.69, 9.17) is 9.72 Å². The molecule has 78 heavy (non-hydrogen) atoms. The molecule has 3 atom stereocenters. The smallest absolute Gasteiger partial charge is 0.323 e. The lowest BCUT2D eigenvalue weighted by Gasteiger charge is -2.30. The van der Waals surface area contributed by atoms with E-state index in [-0.39, 0.29) is 126 Å². The van der Waals surface area contributed by atoms with Crippen molar-refractivity contribution in [2.75, 3.05) is 77.8 Å². The molecule has 0 spiro atoms. The van der Waals surface area contributed by atoms with Crippen molar-refractivity contribution in [1.29, 1.82) is 0 Å². The van der Waals surface area contributed by atoms with Gasteiger partial charge in [-0.2, -0.15) is 13.1 Å². The average Bonchev–Trinajstić information content (AvgIpc) is 3.44. The SMILES string of the molecule is Cc1cc(OCCCC(=O)NCCCC(=O)[C@H](CS(=O)(=O)O)NC(=O)CC[C@H](C(=O)O)N2CCN(CC(=O)O)CCN(CC(=O)O)CC2)cc(C)c1S(=O)(=O)NC(CNC(=O)CCCCc1ccc2c(n1)CCCC2)C(=O)O. The molecule has 26 nitrogen and oxygen atoms in total. The van der Waals surface area contributed by atoms with E-state index < -0.39 is 104 Å². The monoisotopic (exact) mass is 1140 g/mol. The molecule has 9 N–H and O–H groups in total. The number of hydrogen-bond donors (Lipinski definition) is 9. The van der Waals surface area contributed by atoms with Crippen molar-refractivity contribution < 1.29 is 84.9 Å². The number of aliphatic carboxylic acids is 4. The van der Waals surface area contributed by atoms with E-state index in [2.05, 4.69) is 26.7 Å². The molecule has 4 rings (SSSR count). The molecule has 2 aromatic rings. The number of aromatic nitrogens is 1. The second-order valence-electron chi connectivity index (χ2n) is 19.5. The van der Waals surface area contributed by atoms with Gasteiger partial charge >= 0.3 is 23.9 Å². The minimum absolute atomic E-state index is 0.00609. The molecule has 0 bridgehead atoms. The zero-order chi connectivity index (χ0) is 57.6.